The molecule has 2 fully saturated rings. The molecule has 0 aromatic heterocycles. The van der Waals surface area contributed by atoms with Crippen LogP contribution < -0.4 is 5.32 Å². The molecule has 2 aliphatic rings. The zero-order valence-corrected chi connectivity index (χ0v) is 13.1. The molecule has 2 unspecified atom stereocenters. The standard InChI is InChI=1S/C16H32N2O/c1-4-16(5-2)11-15(7-10-19-16)18-9-6-8-17-12-14(3)13-18/h14-15,17H,4-13H2,1-3H3. The maximum atomic E-state index is 6.13. The van der Waals surface area contributed by atoms with Crippen LogP contribution in [0.5, 0.6) is 0 Å². The molecule has 0 spiro atoms. The largest absolute Gasteiger partial charge is 0.375 e. The van der Waals surface area contributed by atoms with Gasteiger partial charge in [0, 0.05) is 19.2 Å². The summed E-state index contributed by atoms with van der Waals surface area (Å²) in [7, 11) is 0. The van der Waals surface area contributed by atoms with Gasteiger partial charge in [-0.1, -0.05) is 20.8 Å². The lowest BCUT2D eigenvalue weighted by Crippen LogP contribution is -2.51. The fraction of sp³-hybridized carbons (Fsp3) is 1.00. The number of nitrogens with zero attached hydrogens (tertiary/aromatic N) is 1. The van der Waals surface area contributed by atoms with E-state index in [0.29, 0.717) is 0 Å². The van der Waals surface area contributed by atoms with E-state index in [1.54, 1.807) is 0 Å². The van der Waals surface area contributed by atoms with Gasteiger partial charge in [0.05, 0.1) is 5.60 Å². The van der Waals surface area contributed by atoms with Crippen molar-refractivity contribution in [3.63, 3.8) is 0 Å². The summed E-state index contributed by atoms with van der Waals surface area (Å²) in [4.78, 5) is 2.76. The van der Waals surface area contributed by atoms with Crippen molar-refractivity contribution in [2.24, 2.45) is 5.92 Å². The lowest BCUT2D eigenvalue weighted by atomic mass is 9.85. The first-order valence-corrected chi connectivity index (χ1v) is 8.28. The highest BCUT2D eigenvalue weighted by Gasteiger charge is 2.37. The smallest absolute Gasteiger partial charge is 0.0692 e. The molecule has 0 radical (unpaired) electrons. The lowest BCUT2D eigenvalue weighted by molar-refractivity contribution is -0.111. The Morgan fingerprint density at radius 3 is 2.84 bits per heavy atom. The summed E-state index contributed by atoms with van der Waals surface area (Å²) in [6.45, 7) is 12.8. The van der Waals surface area contributed by atoms with Gasteiger partial charge in [0.1, 0.15) is 0 Å². The maximum Gasteiger partial charge on any atom is 0.0692 e. The van der Waals surface area contributed by atoms with Crippen molar-refractivity contribution in [1.82, 2.24) is 10.2 Å². The zero-order valence-electron chi connectivity index (χ0n) is 13.1. The number of nitrogens with one attached hydrogen (secondary N) is 1. The maximum absolute atomic E-state index is 6.13. The Morgan fingerprint density at radius 1 is 1.32 bits per heavy atom. The summed E-state index contributed by atoms with van der Waals surface area (Å²) >= 11 is 0. The summed E-state index contributed by atoms with van der Waals surface area (Å²) in [5.74, 6) is 0.765. The molecule has 3 heteroatoms. The van der Waals surface area contributed by atoms with Gasteiger partial charge in [0.15, 0.2) is 0 Å². The van der Waals surface area contributed by atoms with E-state index < -0.39 is 0 Å². The monoisotopic (exact) mass is 268 g/mol. The third-order valence-electron chi connectivity index (χ3n) is 5.11. The number of hydrogen-bond acceptors (Lipinski definition) is 3. The highest BCUT2D eigenvalue weighted by atomic mass is 16.5. The van der Waals surface area contributed by atoms with E-state index in [-0.39, 0.29) is 5.60 Å². The molecule has 0 aromatic carbocycles. The van der Waals surface area contributed by atoms with Crippen molar-refractivity contribution < 1.29 is 4.74 Å². The van der Waals surface area contributed by atoms with Crippen LogP contribution in [-0.2, 0) is 4.74 Å². The summed E-state index contributed by atoms with van der Waals surface area (Å²) in [6, 6.07) is 0.745. The van der Waals surface area contributed by atoms with E-state index in [2.05, 4.69) is 31.0 Å². The van der Waals surface area contributed by atoms with E-state index in [4.69, 9.17) is 4.74 Å². The SMILES string of the molecule is CCC1(CC)CC(N2CCCNCC(C)C2)CCO1. The van der Waals surface area contributed by atoms with Crippen molar-refractivity contribution in [1.29, 1.82) is 0 Å². The van der Waals surface area contributed by atoms with Crippen LogP contribution in [0.25, 0.3) is 0 Å². The van der Waals surface area contributed by atoms with Gasteiger partial charge < -0.3 is 10.1 Å². The molecular weight excluding hydrogens is 236 g/mol. The van der Waals surface area contributed by atoms with E-state index in [1.807, 2.05) is 0 Å². The Balaban J connectivity index is 1.98. The molecule has 2 saturated heterocycles. The molecule has 0 bridgehead atoms. The molecule has 0 amide bonds. The second kappa shape index (κ2) is 7.05. The minimum atomic E-state index is 0.159. The van der Waals surface area contributed by atoms with Crippen LogP contribution in [0, 0.1) is 5.92 Å². The summed E-state index contributed by atoms with van der Waals surface area (Å²) in [5.41, 5.74) is 0.159. The molecule has 2 rings (SSSR count). The van der Waals surface area contributed by atoms with Crippen LogP contribution >= 0.6 is 0 Å². The van der Waals surface area contributed by atoms with Crippen molar-refractivity contribution in [3.8, 4) is 0 Å². The van der Waals surface area contributed by atoms with Gasteiger partial charge in [-0.25, -0.2) is 0 Å². The predicted octanol–water partition coefficient (Wildman–Crippen LogP) is 2.66. The Labute approximate surface area is 119 Å². The number of rotatable bonds is 3. The quantitative estimate of drug-likeness (QED) is 0.851. The van der Waals surface area contributed by atoms with E-state index in [9.17, 15) is 0 Å². The molecule has 1 N–H and O–H groups in total. The predicted molar refractivity (Wildman–Crippen MR) is 80.5 cm³/mol. The molecule has 112 valence electrons. The van der Waals surface area contributed by atoms with Crippen LogP contribution in [0.2, 0.25) is 0 Å². The molecule has 2 aliphatic heterocycles. The Bertz CT molecular complexity index is 265. The van der Waals surface area contributed by atoms with E-state index >= 15 is 0 Å². The van der Waals surface area contributed by atoms with Crippen LogP contribution in [0.15, 0.2) is 0 Å². The van der Waals surface area contributed by atoms with Gasteiger partial charge in [-0.2, -0.15) is 0 Å². The van der Waals surface area contributed by atoms with Gasteiger partial charge in [-0.15, -0.1) is 0 Å². The third kappa shape index (κ3) is 3.93. The van der Waals surface area contributed by atoms with Crippen LogP contribution in [0.3, 0.4) is 0 Å². The fourth-order valence-electron chi connectivity index (χ4n) is 3.70. The average molecular weight is 268 g/mol. The summed E-state index contributed by atoms with van der Waals surface area (Å²) in [5, 5.41) is 3.55. The second-order valence-corrected chi connectivity index (χ2v) is 6.54. The first kappa shape index (κ1) is 15.3. The van der Waals surface area contributed by atoms with Crippen LogP contribution in [0.4, 0.5) is 0 Å². The molecular formula is C16H32N2O. The zero-order chi connectivity index (χ0) is 13.7. The van der Waals surface area contributed by atoms with Crippen LogP contribution in [0.1, 0.15) is 52.9 Å². The molecule has 3 nitrogen and oxygen atoms in total. The Hall–Kier alpha value is -0.120. The minimum absolute atomic E-state index is 0.159. The van der Waals surface area contributed by atoms with Gasteiger partial charge in [-0.3, -0.25) is 4.90 Å². The van der Waals surface area contributed by atoms with Crippen molar-refractivity contribution in [2.75, 3.05) is 32.8 Å². The Kier molecular flexibility index (Phi) is 5.67. The van der Waals surface area contributed by atoms with Gasteiger partial charge in [0.25, 0.3) is 0 Å². The topological polar surface area (TPSA) is 24.5 Å². The summed E-state index contributed by atoms with van der Waals surface area (Å²) in [6.07, 6.45) is 6.06. The molecule has 0 aliphatic carbocycles. The fourth-order valence-corrected chi connectivity index (χ4v) is 3.70. The highest BCUT2D eigenvalue weighted by Crippen LogP contribution is 2.34. The molecule has 0 saturated carbocycles. The second-order valence-electron chi connectivity index (χ2n) is 6.54. The summed E-state index contributed by atoms with van der Waals surface area (Å²) < 4.78 is 6.13. The van der Waals surface area contributed by atoms with E-state index in [0.717, 1.165) is 31.4 Å². The van der Waals surface area contributed by atoms with Crippen molar-refractivity contribution in [3.05, 3.63) is 0 Å². The average Bonchev–Trinajstić information content (AvgIpc) is 2.42. The third-order valence-corrected chi connectivity index (χ3v) is 5.11. The van der Waals surface area contributed by atoms with Crippen LogP contribution in [-0.4, -0.2) is 49.3 Å². The first-order chi connectivity index (χ1) is 9.19. The van der Waals surface area contributed by atoms with E-state index in [1.165, 1.54) is 45.4 Å². The molecule has 0 aromatic rings. The van der Waals surface area contributed by atoms with Crippen molar-refractivity contribution >= 4 is 0 Å². The van der Waals surface area contributed by atoms with Gasteiger partial charge in [-0.05, 0) is 57.7 Å². The normalized spacial score (nSPS) is 33.6. The molecule has 19 heavy (non-hydrogen) atoms. The number of hydrogen-bond donors (Lipinski definition) is 1. The number of ether oxygens (including phenoxy) is 1. The lowest BCUT2D eigenvalue weighted by Gasteiger charge is -2.45. The first-order valence-electron chi connectivity index (χ1n) is 8.28. The minimum Gasteiger partial charge on any atom is -0.375 e. The van der Waals surface area contributed by atoms with Gasteiger partial charge >= 0.3 is 0 Å². The Morgan fingerprint density at radius 2 is 2.11 bits per heavy atom. The molecule has 2 atom stereocenters. The molecule has 2 heterocycles. The van der Waals surface area contributed by atoms with Crippen molar-refractivity contribution in [2.45, 2.75) is 64.5 Å². The van der Waals surface area contributed by atoms with Gasteiger partial charge in [0.2, 0.25) is 0 Å². The highest BCUT2D eigenvalue weighted by molar-refractivity contribution is 4.90.